The molecule has 0 fully saturated rings. The summed E-state index contributed by atoms with van der Waals surface area (Å²) in [7, 11) is 1.35. The molecule has 1 aromatic carbocycles. The van der Waals surface area contributed by atoms with E-state index < -0.39 is 40.4 Å². The molecule has 1 rings (SSSR count). The standard InChI is InChI=1S/C11H12F2N2O5/c1-20-3-2-14(6-10(16)17)9-5-7(12)4-8(13)11(9)15(18)19/h4-5H,2-3,6H2,1H3,(H,16,17). The van der Waals surface area contributed by atoms with Crippen LogP contribution in [0, 0.1) is 21.7 Å². The van der Waals surface area contributed by atoms with E-state index in [1.54, 1.807) is 0 Å². The Hall–Kier alpha value is -2.29. The van der Waals surface area contributed by atoms with Gasteiger partial charge in [-0.05, 0) is 0 Å². The molecule has 0 heterocycles. The molecule has 0 aliphatic carbocycles. The van der Waals surface area contributed by atoms with E-state index in [9.17, 15) is 23.7 Å². The van der Waals surface area contributed by atoms with Crippen molar-refractivity contribution in [2.45, 2.75) is 0 Å². The van der Waals surface area contributed by atoms with Gasteiger partial charge in [0.15, 0.2) is 0 Å². The van der Waals surface area contributed by atoms with Crippen molar-refractivity contribution >= 4 is 17.3 Å². The molecule has 20 heavy (non-hydrogen) atoms. The van der Waals surface area contributed by atoms with Crippen LogP contribution in [0.5, 0.6) is 0 Å². The maximum Gasteiger partial charge on any atom is 0.328 e. The number of rotatable bonds is 7. The predicted molar refractivity (Wildman–Crippen MR) is 64.7 cm³/mol. The molecule has 1 aromatic rings. The molecule has 0 unspecified atom stereocenters. The third kappa shape index (κ3) is 3.85. The van der Waals surface area contributed by atoms with Crippen molar-refractivity contribution in [3.63, 3.8) is 0 Å². The van der Waals surface area contributed by atoms with Crippen LogP contribution in [0.15, 0.2) is 12.1 Å². The van der Waals surface area contributed by atoms with Crippen molar-refractivity contribution in [3.8, 4) is 0 Å². The Morgan fingerprint density at radius 3 is 2.65 bits per heavy atom. The first-order valence-electron chi connectivity index (χ1n) is 5.46. The highest BCUT2D eigenvalue weighted by atomic mass is 19.1. The summed E-state index contributed by atoms with van der Waals surface area (Å²) in [5.74, 6) is -3.69. The van der Waals surface area contributed by atoms with Crippen LogP contribution in [0.3, 0.4) is 0 Å². The van der Waals surface area contributed by atoms with E-state index in [1.165, 1.54) is 7.11 Å². The Labute approximate surface area is 112 Å². The Bertz CT molecular complexity index is 524. The number of anilines is 1. The smallest absolute Gasteiger partial charge is 0.328 e. The summed E-state index contributed by atoms with van der Waals surface area (Å²) in [5, 5.41) is 19.6. The minimum absolute atomic E-state index is 0.0442. The number of hydrogen-bond donors (Lipinski definition) is 1. The van der Waals surface area contributed by atoms with E-state index in [2.05, 4.69) is 0 Å². The van der Waals surface area contributed by atoms with Crippen molar-refractivity contribution in [2.24, 2.45) is 0 Å². The Balaban J connectivity index is 3.29. The van der Waals surface area contributed by atoms with Crippen LogP contribution in [0.1, 0.15) is 0 Å². The minimum Gasteiger partial charge on any atom is -0.480 e. The second-order valence-corrected chi connectivity index (χ2v) is 3.82. The number of aliphatic carboxylic acids is 1. The van der Waals surface area contributed by atoms with E-state index >= 15 is 0 Å². The predicted octanol–water partition coefficient (Wildman–Crippen LogP) is 1.41. The van der Waals surface area contributed by atoms with Gasteiger partial charge in [-0.1, -0.05) is 0 Å². The second-order valence-electron chi connectivity index (χ2n) is 3.82. The molecule has 7 nitrogen and oxygen atoms in total. The first-order chi connectivity index (χ1) is 9.36. The molecule has 0 aromatic heterocycles. The van der Waals surface area contributed by atoms with E-state index in [4.69, 9.17) is 9.84 Å². The van der Waals surface area contributed by atoms with Gasteiger partial charge in [-0.25, -0.2) is 4.39 Å². The Morgan fingerprint density at radius 1 is 1.50 bits per heavy atom. The molecule has 0 radical (unpaired) electrons. The highest BCUT2D eigenvalue weighted by molar-refractivity contribution is 5.76. The summed E-state index contributed by atoms with van der Waals surface area (Å²) in [4.78, 5) is 21.6. The minimum atomic E-state index is -1.36. The van der Waals surface area contributed by atoms with Gasteiger partial charge in [-0.3, -0.25) is 14.9 Å². The molecule has 0 atom stereocenters. The summed E-state index contributed by atoms with van der Waals surface area (Å²) in [6.07, 6.45) is 0. The fourth-order valence-electron chi connectivity index (χ4n) is 1.62. The van der Waals surface area contributed by atoms with E-state index in [1.807, 2.05) is 0 Å². The molecule has 0 saturated heterocycles. The lowest BCUT2D eigenvalue weighted by Gasteiger charge is -2.22. The molecule has 0 aliphatic heterocycles. The lowest BCUT2D eigenvalue weighted by molar-refractivity contribution is -0.386. The Kier molecular flexibility index (Phi) is 5.32. The number of nitrogens with zero attached hydrogens (tertiary/aromatic N) is 2. The monoisotopic (exact) mass is 290 g/mol. The summed E-state index contributed by atoms with van der Waals surface area (Å²) < 4.78 is 31.5. The highest BCUT2D eigenvalue weighted by Gasteiger charge is 2.27. The molecular weight excluding hydrogens is 278 g/mol. The summed E-state index contributed by atoms with van der Waals surface area (Å²) in [6, 6.07) is 1.09. The van der Waals surface area contributed by atoms with Crippen LogP contribution in [-0.4, -0.2) is 42.8 Å². The first kappa shape index (κ1) is 15.8. The SMILES string of the molecule is COCCN(CC(=O)O)c1cc(F)cc(F)c1[N+](=O)[O-]. The van der Waals surface area contributed by atoms with Crippen molar-refractivity contribution in [1.82, 2.24) is 0 Å². The molecule has 110 valence electrons. The number of carbonyl (C=O) groups is 1. The maximum absolute atomic E-state index is 13.5. The van der Waals surface area contributed by atoms with Crippen LogP contribution in [-0.2, 0) is 9.53 Å². The van der Waals surface area contributed by atoms with Gasteiger partial charge in [0.25, 0.3) is 0 Å². The largest absolute Gasteiger partial charge is 0.480 e. The van der Waals surface area contributed by atoms with Crippen LogP contribution < -0.4 is 4.90 Å². The van der Waals surface area contributed by atoms with E-state index in [0.717, 1.165) is 11.0 Å². The molecule has 0 spiro atoms. The van der Waals surface area contributed by atoms with Gasteiger partial charge in [0.2, 0.25) is 5.82 Å². The quantitative estimate of drug-likeness (QED) is 0.603. The summed E-state index contributed by atoms with van der Waals surface area (Å²) >= 11 is 0. The van der Waals surface area contributed by atoms with Crippen LogP contribution >= 0.6 is 0 Å². The number of benzene rings is 1. The number of halogens is 2. The third-order valence-corrected chi connectivity index (χ3v) is 2.42. The highest BCUT2D eigenvalue weighted by Crippen LogP contribution is 2.31. The number of carboxylic acids is 1. The zero-order valence-corrected chi connectivity index (χ0v) is 10.5. The molecular formula is C11H12F2N2O5. The molecule has 1 N–H and O–H groups in total. The van der Waals surface area contributed by atoms with Crippen molar-refractivity contribution in [3.05, 3.63) is 33.9 Å². The lowest BCUT2D eigenvalue weighted by Crippen LogP contribution is -2.33. The molecule has 0 saturated carbocycles. The van der Waals surface area contributed by atoms with E-state index in [-0.39, 0.29) is 13.2 Å². The van der Waals surface area contributed by atoms with E-state index in [0.29, 0.717) is 6.07 Å². The molecule has 9 heteroatoms. The first-order valence-corrected chi connectivity index (χ1v) is 5.46. The van der Waals surface area contributed by atoms with Crippen LogP contribution in [0.25, 0.3) is 0 Å². The maximum atomic E-state index is 13.5. The van der Waals surface area contributed by atoms with Gasteiger partial charge in [0.1, 0.15) is 18.0 Å². The fourth-order valence-corrected chi connectivity index (χ4v) is 1.62. The summed E-state index contributed by atoms with van der Waals surface area (Å²) in [6.45, 7) is -0.664. The summed E-state index contributed by atoms with van der Waals surface area (Å²) in [5.41, 5.74) is -1.41. The molecule has 0 bridgehead atoms. The van der Waals surface area contributed by atoms with Gasteiger partial charge in [0, 0.05) is 25.8 Å². The van der Waals surface area contributed by atoms with Crippen LogP contribution in [0.4, 0.5) is 20.2 Å². The average Bonchev–Trinajstić information content (AvgIpc) is 2.32. The molecule has 0 aliphatic rings. The lowest BCUT2D eigenvalue weighted by atomic mass is 10.2. The van der Waals surface area contributed by atoms with Crippen molar-refractivity contribution in [2.75, 3.05) is 31.7 Å². The Morgan fingerprint density at radius 2 is 2.15 bits per heavy atom. The van der Waals surface area contributed by atoms with Gasteiger partial charge in [0.05, 0.1) is 11.5 Å². The fraction of sp³-hybridized carbons (Fsp3) is 0.364. The third-order valence-electron chi connectivity index (χ3n) is 2.42. The topological polar surface area (TPSA) is 92.9 Å². The zero-order chi connectivity index (χ0) is 15.3. The number of nitro benzene ring substituents is 1. The van der Waals surface area contributed by atoms with Crippen LogP contribution in [0.2, 0.25) is 0 Å². The van der Waals surface area contributed by atoms with Gasteiger partial charge < -0.3 is 14.7 Å². The van der Waals surface area contributed by atoms with Crippen molar-refractivity contribution in [1.29, 1.82) is 0 Å². The number of nitro groups is 1. The second kappa shape index (κ2) is 6.75. The zero-order valence-electron chi connectivity index (χ0n) is 10.5. The van der Waals surface area contributed by atoms with Crippen molar-refractivity contribution < 1.29 is 28.3 Å². The number of hydrogen-bond acceptors (Lipinski definition) is 5. The number of methoxy groups -OCH3 is 1. The van der Waals surface area contributed by atoms with Gasteiger partial charge >= 0.3 is 11.7 Å². The number of ether oxygens (including phenoxy) is 1. The number of carboxylic acid groups (broad SMARTS) is 1. The average molecular weight is 290 g/mol. The normalized spacial score (nSPS) is 10.3. The van der Waals surface area contributed by atoms with Gasteiger partial charge in [-0.2, -0.15) is 4.39 Å². The molecule has 0 amide bonds. The van der Waals surface area contributed by atoms with Gasteiger partial charge in [-0.15, -0.1) is 0 Å².